The van der Waals surface area contributed by atoms with Gasteiger partial charge in [0.2, 0.25) is 0 Å². The predicted octanol–water partition coefficient (Wildman–Crippen LogP) is 3.06. The Hall–Kier alpha value is -1.75. The first-order valence-electron chi connectivity index (χ1n) is 8.10. The Morgan fingerprint density at radius 3 is 2.50 bits per heavy atom. The number of nitrogens with two attached hydrogens (primary N) is 1. The van der Waals surface area contributed by atoms with Crippen LogP contribution in [-0.2, 0) is 6.54 Å². The maximum atomic E-state index is 5.64. The highest BCUT2D eigenvalue weighted by molar-refractivity contribution is 5.81. The molecule has 1 heterocycles. The van der Waals surface area contributed by atoms with Crippen molar-refractivity contribution < 1.29 is 9.47 Å². The van der Waals surface area contributed by atoms with Crippen molar-refractivity contribution in [1.82, 2.24) is 9.55 Å². The quantitative estimate of drug-likeness (QED) is 0.799. The number of methoxy groups -OCH3 is 2. The molecule has 0 atom stereocenters. The molecule has 0 saturated heterocycles. The first-order valence-corrected chi connectivity index (χ1v) is 8.10. The van der Waals surface area contributed by atoms with Gasteiger partial charge in [0.05, 0.1) is 25.3 Å². The minimum absolute atomic E-state index is 0.599. The molecule has 1 aromatic carbocycles. The van der Waals surface area contributed by atoms with Crippen molar-refractivity contribution in [3.05, 3.63) is 18.0 Å². The molecule has 0 amide bonds. The lowest BCUT2D eigenvalue weighted by Crippen LogP contribution is -2.16. The highest BCUT2D eigenvalue weighted by Gasteiger charge is 2.26. The fraction of sp³-hybridized carbons (Fsp3) is 0.588. The fourth-order valence-corrected chi connectivity index (χ4v) is 3.10. The molecular formula is C17H25N3O2. The number of aryl methyl sites for hydroxylation is 1. The number of benzene rings is 1. The van der Waals surface area contributed by atoms with Crippen LogP contribution in [0.5, 0.6) is 11.5 Å². The Bertz CT molecular complexity index is 647. The van der Waals surface area contributed by atoms with Gasteiger partial charge in [0.15, 0.2) is 11.5 Å². The summed E-state index contributed by atoms with van der Waals surface area (Å²) in [7, 11) is 3.33. The summed E-state index contributed by atoms with van der Waals surface area (Å²) in [6, 6.07) is 4.03. The molecule has 2 aromatic rings. The number of hydrogen-bond donors (Lipinski definition) is 1. The summed E-state index contributed by atoms with van der Waals surface area (Å²) in [5.41, 5.74) is 7.77. The maximum absolute atomic E-state index is 5.64. The van der Waals surface area contributed by atoms with Crippen molar-refractivity contribution in [3.8, 4) is 11.5 Å². The minimum Gasteiger partial charge on any atom is -0.493 e. The van der Waals surface area contributed by atoms with E-state index in [2.05, 4.69) is 4.57 Å². The molecule has 5 nitrogen and oxygen atoms in total. The highest BCUT2D eigenvalue weighted by Crippen LogP contribution is 2.39. The second-order valence-electron chi connectivity index (χ2n) is 5.94. The number of unbranched alkanes of at least 4 members (excludes halogenated alkanes) is 1. The van der Waals surface area contributed by atoms with Crippen LogP contribution < -0.4 is 15.2 Å². The van der Waals surface area contributed by atoms with Gasteiger partial charge in [-0.3, -0.25) is 0 Å². The number of aromatic nitrogens is 2. The smallest absolute Gasteiger partial charge is 0.163 e. The van der Waals surface area contributed by atoms with Crippen molar-refractivity contribution in [1.29, 1.82) is 0 Å². The lowest BCUT2D eigenvalue weighted by Gasteiger charge is -2.25. The second-order valence-corrected chi connectivity index (χ2v) is 5.94. The van der Waals surface area contributed by atoms with Crippen LogP contribution in [0.1, 0.15) is 43.8 Å². The van der Waals surface area contributed by atoms with Gasteiger partial charge in [-0.2, -0.15) is 0 Å². The second kappa shape index (κ2) is 6.57. The molecule has 22 heavy (non-hydrogen) atoms. The zero-order valence-electron chi connectivity index (χ0n) is 13.5. The van der Waals surface area contributed by atoms with Gasteiger partial charge in [0, 0.05) is 24.6 Å². The molecule has 0 aliphatic heterocycles. The Morgan fingerprint density at radius 2 is 1.91 bits per heavy atom. The van der Waals surface area contributed by atoms with E-state index in [-0.39, 0.29) is 0 Å². The first kappa shape index (κ1) is 15.2. The van der Waals surface area contributed by atoms with E-state index in [4.69, 9.17) is 20.2 Å². The molecule has 0 bridgehead atoms. The number of imidazole rings is 1. The standard InChI is InChI=1S/C17H25N3O2/c1-21-15-10-13-14(11-16(15)22-2)20(9-4-3-8-18)17(19-13)12-6-5-7-12/h10-12H,3-9,18H2,1-2H3. The first-order chi connectivity index (χ1) is 10.8. The van der Waals surface area contributed by atoms with Crippen LogP contribution in [0.25, 0.3) is 11.0 Å². The van der Waals surface area contributed by atoms with Gasteiger partial charge >= 0.3 is 0 Å². The van der Waals surface area contributed by atoms with Gasteiger partial charge in [-0.05, 0) is 32.2 Å². The summed E-state index contributed by atoms with van der Waals surface area (Å²) in [5.74, 6) is 3.31. The van der Waals surface area contributed by atoms with Crippen LogP contribution in [-0.4, -0.2) is 30.3 Å². The third-order valence-electron chi connectivity index (χ3n) is 4.59. The van der Waals surface area contributed by atoms with E-state index in [1.165, 1.54) is 25.1 Å². The van der Waals surface area contributed by atoms with Crippen molar-refractivity contribution >= 4 is 11.0 Å². The number of rotatable bonds is 7. The van der Waals surface area contributed by atoms with Crippen molar-refractivity contribution in [2.45, 2.75) is 44.6 Å². The summed E-state index contributed by atoms with van der Waals surface area (Å²) in [4.78, 5) is 4.89. The molecule has 2 N–H and O–H groups in total. The van der Waals surface area contributed by atoms with Crippen LogP contribution in [0.3, 0.4) is 0 Å². The van der Waals surface area contributed by atoms with Crippen LogP contribution in [0.15, 0.2) is 12.1 Å². The largest absolute Gasteiger partial charge is 0.493 e. The molecule has 1 aliphatic rings. The minimum atomic E-state index is 0.599. The van der Waals surface area contributed by atoms with Crippen LogP contribution >= 0.6 is 0 Å². The van der Waals surface area contributed by atoms with E-state index >= 15 is 0 Å². The molecular weight excluding hydrogens is 278 g/mol. The van der Waals surface area contributed by atoms with Crippen molar-refractivity contribution in [2.75, 3.05) is 20.8 Å². The molecule has 5 heteroatoms. The Balaban J connectivity index is 2.05. The van der Waals surface area contributed by atoms with Gasteiger partial charge in [0.1, 0.15) is 5.82 Å². The summed E-state index contributed by atoms with van der Waals surface area (Å²) in [6.45, 7) is 1.71. The molecule has 0 radical (unpaired) electrons. The summed E-state index contributed by atoms with van der Waals surface area (Å²) in [6.07, 6.45) is 5.92. The van der Waals surface area contributed by atoms with Crippen molar-refractivity contribution in [2.24, 2.45) is 5.73 Å². The van der Waals surface area contributed by atoms with Gasteiger partial charge in [-0.1, -0.05) is 6.42 Å². The fourth-order valence-electron chi connectivity index (χ4n) is 3.10. The molecule has 120 valence electrons. The van der Waals surface area contributed by atoms with E-state index in [1.54, 1.807) is 14.2 Å². The molecule has 1 saturated carbocycles. The summed E-state index contributed by atoms with van der Waals surface area (Å²) < 4.78 is 13.2. The van der Waals surface area contributed by atoms with Crippen LogP contribution in [0, 0.1) is 0 Å². The number of fused-ring (bicyclic) bond motifs is 1. The SMILES string of the molecule is COc1cc2nc(C3CCC3)n(CCCCN)c2cc1OC. The molecule has 0 spiro atoms. The van der Waals surface area contributed by atoms with Gasteiger partial charge in [-0.25, -0.2) is 4.98 Å². The maximum Gasteiger partial charge on any atom is 0.163 e. The molecule has 1 aliphatic carbocycles. The average Bonchev–Trinajstić information content (AvgIpc) is 2.82. The molecule has 1 aromatic heterocycles. The number of hydrogen-bond acceptors (Lipinski definition) is 4. The van der Waals surface area contributed by atoms with E-state index in [9.17, 15) is 0 Å². The van der Waals surface area contributed by atoms with E-state index in [0.29, 0.717) is 5.92 Å². The highest BCUT2D eigenvalue weighted by atomic mass is 16.5. The normalized spacial score (nSPS) is 15.0. The van der Waals surface area contributed by atoms with Crippen molar-refractivity contribution in [3.63, 3.8) is 0 Å². The number of nitrogens with zero attached hydrogens (tertiary/aromatic N) is 2. The Labute approximate surface area is 131 Å². The van der Waals surface area contributed by atoms with E-state index < -0.39 is 0 Å². The van der Waals surface area contributed by atoms with Crippen LogP contribution in [0.2, 0.25) is 0 Å². The summed E-state index contributed by atoms with van der Waals surface area (Å²) in [5, 5.41) is 0. The van der Waals surface area contributed by atoms with Gasteiger partial charge < -0.3 is 19.8 Å². The third kappa shape index (κ3) is 2.65. The van der Waals surface area contributed by atoms with E-state index in [1.807, 2.05) is 12.1 Å². The van der Waals surface area contributed by atoms with E-state index in [0.717, 1.165) is 48.5 Å². The zero-order valence-corrected chi connectivity index (χ0v) is 13.5. The lowest BCUT2D eigenvalue weighted by atomic mass is 9.85. The lowest BCUT2D eigenvalue weighted by molar-refractivity contribution is 0.355. The van der Waals surface area contributed by atoms with Crippen LogP contribution in [0.4, 0.5) is 0 Å². The average molecular weight is 303 g/mol. The Morgan fingerprint density at radius 1 is 1.18 bits per heavy atom. The molecule has 1 fully saturated rings. The van der Waals surface area contributed by atoms with Gasteiger partial charge in [-0.15, -0.1) is 0 Å². The number of ether oxygens (including phenoxy) is 2. The molecule has 0 unspecified atom stereocenters. The predicted molar refractivity (Wildman–Crippen MR) is 87.7 cm³/mol. The zero-order chi connectivity index (χ0) is 15.5. The van der Waals surface area contributed by atoms with Gasteiger partial charge in [0.25, 0.3) is 0 Å². The third-order valence-corrected chi connectivity index (χ3v) is 4.59. The molecule has 3 rings (SSSR count). The summed E-state index contributed by atoms with van der Waals surface area (Å²) >= 11 is 0. The Kier molecular flexibility index (Phi) is 4.52. The topological polar surface area (TPSA) is 62.3 Å². The monoisotopic (exact) mass is 303 g/mol.